The van der Waals surface area contributed by atoms with E-state index in [0.29, 0.717) is 42.6 Å². The average Bonchev–Trinajstić information content (AvgIpc) is 2.82. The zero-order valence-corrected chi connectivity index (χ0v) is 15.2. The Bertz CT molecular complexity index is 907. The van der Waals surface area contributed by atoms with E-state index in [1.807, 2.05) is 0 Å². The third kappa shape index (κ3) is 5.11. The largest absolute Gasteiger partial charge is 0.573 e. The van der Waals surface area contributed by atoms with Gasteiger partial charge in [0, 0.05) is 18.0 Å². The fourth-order valence-electron chi connectivity index (χ4n) is 3.31. The smallest absolute Gasteiger partial charge is 0.406 e. The van der Waals surface area contributed by atoms with Gasteiger partial charge in [-0.1, -0.05) is 12.1 Å². The lowest BCUT2D eigenvalue weighted by Gasteiger charge is -2.14. The number of benzene rings is 1. The van der Waals surface area contributed by atoms with Gasteiger partial charge in [-0.15, -0.1) is 13.2 Å². The van der Waals surface area contributed by atoms with Gasteiger partial charge in [0.05, 0.1) is 5.69 Å². The van der Waals surface area contributed by atoms with Crippen LogP contribution in [0.5, 0.6) is 5.75 Å². The van der Waals surface area contributed by atoms with Crippen LogP contribution in [0, 0.1) is 12.8 Å². The van der Waals surface area contributed by atoms with Gasteiger partial charge >= 0.3 is 6.36 Å². The third-order valence-electron chi connectivity index (χ3n) is 4.69. The minimum absolute atomic E-state index is 0.142. The third-order valence-corrected chi connectivity index (χ3v) is 4.69. The van der Waals surface area contributed by atoms with E-state index in [-0.39, 0.29) is 29.7 Å². The number of carbonyl (C=O) groups is 1. The van der Waals surface area contributed by atoms with E-state index in [1.54, 1.807) is 6.92 Å². The second-order valence-electron chi connectivity index (χ2n) is 6.76. The number of hydrogen-bond acceptors (Lipinski definition) is 4. The summed E-state index contributed by atoms with van der Waals surface area (Å²) < 4.78 is 40.3. The molecule has 6 nitrogen and oxygen atoms in total. The maximum atomic E-state index is 12.5. The summed E-state index contributed by atoms with van der Waals surface area (Å²) in [5.41, 5.74) is 1.90. The van der Waals surface area contributed by atoms with Gasteiger partial charge in [0.25, 0.3) is 5.56 Å². The molecule has 1 amide bonds. The minimum atomic E-state index is -4.73. The molecule has 0 spiro atoms. The molecule has 0 fully saturated rings. The van der Waals surface area contributed by atoms with Crippen molar-refractivity contribution in [2.45, 2.75) is 45.5 Å². The Labute approximate surface area is 159 Å². The molecular weight excluding hydrogens is 375 g/mol. The zero-order chi connectivity index (χ0) is 20.3. The topological polar surface area (TPSA) is 84.1 Å². The molecule has 1 aromatic carbocycles. The summed E-state index contributed by atoms with van der Waals surface area (Å²) in [6, 6.07) is 5.35. The maximum absolute atomic E-state index is 12.5. The predicted molar refractivity (Wildman–Crippen MR) is 94.7 cm³/mol. The molecule has 1 unspecified atom stereocenters. The number of aromatic nitrogens is 2. The van der Waals surface area contributed by atoms with Crippen molar-refractivity contribution in [1.82, 2.24) is 15.3 Å². The minimum Gasteiger partial charge on any atom is -0.406 e. The number of alkyl halides is 3. The molecule has 1 atom stereocenters. The number of carbonyl (C=O) groups excluding carboxylic acids is 1. The molecule has 0 saturated carbocycles. The van der Waals surface area contributed by atoms with Crippen molar-refractivity contribution in [3.05, 3.63) is 57.3 Å². The molecule has 0 bridgehead atoms. The standard InChI is InChI=1S/C19H20F3N3O3/c1-11-24-16-9-5-13(4-8-15(16)18(27)25-11)17(26)23-10-12-2-6-14(7-3-12)28-19(20,21)22/h2-3,6-7,13H,4-5,8-10H2,1H3,(H,23,26)(H,24,25,27). The molecule has 2 aromatic rings. The van der Waals surface area contributed by atoms with Crippen molar-refractivity contribution in [2.24, 2.45) is 5.92 Å². The first-order valence-electron chi connectivity index (χ1n) is 8.92. The number of aromatic amines is 1. The molecular formula is C19H20F3N3O3. The van der Waals surface area contributed by atoms with Crippen LogP contribution in [0.4, 0.5) is 13.2 Å². The van der Waals surface area contributed by atoms with Crippen LogP contribution < -0.4 is 15.6 Å². The fourth-order valence-corrected chi connectivity index (χ4v) is 3.31. The molecule has 1 heterocycles. The van der Waals surface area contributed by atoms with Gasteiger partial charge in [-0.3, -0.25) is 9.59 Å². The fraction of sp³-hybridized carbons (Fsp3) is 0.421. The Morgan fingerprint density at radius 3 is 2.61 bits per heavy atom. The van der Waals surface area contributed by atoms with Crippen molar-refractivity contribution >= 4 is 5.91 Å². The number of nitrogens with one attached hydrogen (secondary N) is 2. The Morgan fingerprint density at radius 1 is 1.25 bits per heavy atom. The molecule has 1 aromatic heterocycles. The number of amides is 1. The first kappa shape index (κ1) is 19.9. The summed E-state index contributed by atoms with van der Waals surface area (Å²) >= 11 is 0. The van der Waals surface area contributed by atoms with E-state index < -0.39 is 6.36 Å². The zero-order valence-electron chi connectivity index (χ0n) is 15.2. The SMILES string of the molecule is Cc1nc2c(c(=O)[nH]1)CCC(C(=O)NCc1ccc(OC(F)(F)F)cc1)CC2. The second-order valence-corrected chi connectivity index (χ2v) is 6.76. The van der Waals surface area contributed by atoms with Crippen LogP contribution >= 0.6 is 0 Å². The van der Waals surface area contributed by atoms with Crippen molar-refractivity contribution in [1.29, 1.82) is 0 Å². The van der Waals surface area contributed by atoms with Gasteiger partial charge in [0.1, 0.15) is 11.6 Å². The van der Waals surface area contributed by atoms with Crippen molar-refractivity contribution in [3.8, 4) is 5.75 Å². The van der Waals surface area contributed by atoms with E-state index in [4.69, 9.17) is 0 Å². The average molecular weight is 395 g/mol. The normalized spacial score (nSPS) is 16.8. The summed E-state index contributed by atoms with van der Waals surface area (Å²) in [6.45, 7) is 1.92. The summed E-state index contributed by atoms with van der Waals surface area (Å²) in [5.74, 6) is -0.139. The molecule has 9 heteroatoms. The molecule has 0 radical (unpaired) electrons. The van der Waals surface area contributed by atoms with Crippen LogP contribution in [0.2, 0.25) is 0 Å². The maximum Gasteiger partial charge on any atom is 0.573 e. The first-order valence-corrected chi connectivity index (χ1v) is 8.92. The summed E-state index contributed by atoms with van der Waals surface area (Å²) in [5, 5.41) is 2.81. The summed E-state index contributed by atoms with van der Waals surface area (Å²) in [7, 11) is 0. The first-order chi connectivity index (χ1) is 13.2. The number of nitrogens with zero attached hydrogens (tertiary/aromatic N) is 1. The van der Waals surface area contributed by atoms with E-state index in [1.165, 1.54) is 24.3 Å². The number of ether oxygens (including phenoxy) is 1. The molecule has 28 heavy (non-hydrogen) atoms. The number of halogens is 3. The Hall–Kier alpha value is -2.84. The Balaban J connectivity index is 1.56. The molecule has 0 aliphatic heterocycles. The molecule has 1 aliphatic rings. The van der Waals surface area contributed by atoms with E-state index in [9.17, 15) is 22.8 Å². The number of hydrogen-bond donors (Lipinski definition) is 2. The summed E-state index contributed by atoms with van der Waals surface area (Å²) in [4.78, 5) is 31.6. The number of aryl methyl sites for hydroxylation is 2. The quantitative estimate of drug-likeness (QED) is 0.780. The van der Waals surface area contributed by atoms with Crippen LogP contribution in [-0.4, -0.2) is 22.2 Å². The molecule has 3 rings (SSSR count). The van der Waals surface area contributed by atoms with Crippen LogP contribution in [0.15, 0.2) is 29.1 Å². The van der Waals surface area contributed by atoms with Gasteiger partial charge in [-0.05, 0) is 50.3 Å². The van der Waals surface area contributed by atoms with E-state index in [2.05, 4.69) is 20.0 Å². The van der Waals surface area contributed by atoms with Crippen LogP contribution in [0.25, 0.3) is 0 Å². The highest BCUT2D eigenvalue weighted by Crippen LogP contribution is 2.24. The van der Waals surface area contributed by atoms with Crippen LogP contribution in [0.1, 0.15) is 35.5 Å². The van der Waals surface area contributed by atoms with Crippen LogP contribution in [0.3, 0.4) is 0 Å². The number of H-pyrrole nitrogens is 1. The molecule has 150 valence electrons. The van der Waals surface area contributed by atoms with Gasteiger partial charge in [0.15, 0.2) is 0 Å². The lowest BCUT2D eigenvalue weighted by molar-refractivity contribution is -0.274. The Morgan fingerprint density at radius 2 is 1.93 bits per heavy atom. The van der Waals surface area contributed by atoms with Gasteiger partial charge in [-0.2, -0.15) is 0 Å². The predicted octanol–water partition coefficient (Wildman–Crippen LogP) is 2.79. The van der Waals surface area contributed by atoms with Crippen LogP contribution in [-0.2, 0) is 24.2 Å². The highest BCUT2D eigenvalue weighted by atomic mass is 19.4. The van der Waals surface area contributed by atoms with E-state index in [0.717, 1.165) is 5.69 Å². The van der Waals surface area contributed by atoms with E-state index >= 15 is 0 Å². The second kappa shape index (κ2) is 8.04. The van der Waals surface area contributed by atoms with Gasteiger partial charge in [0.2, 0.25) is 5.91 Å². The van der Waals surface area contributed by atoms with Crippen molar-refractivity contribution in [3.63, 3.8) is 0 Å². The Kier molecular flexibility index (Phi) is 5.71. The molecule has 0 saturated heterocycles. The number of rotatable bonds is 4. The van der Waals surface area contributed by atoms with Gasteiger partial charge in [-0.25, -0.2) is 4.98 Å². The monoisotopic (exact) mass is 395 g/mol. The highest BCUT2D eigenvalue weighted by Gasteiger charge is 2.31. The number of fused-ring (bicyclic) bond motifs is 1. The molecule has 1 aliphatic carbocycles. The van der Waals surface area contributed by atoms with Gasteiger partial charge < -0.3 is 15.0 Å². The lowest BCUT2D eigenvalue weighted by Crippen LogP contribution is -2.30. The molecule has 2 N–H and O–H groups in total. The van der Waals surface area contributed by atoms with Crippen molar-refractivity contribution < 1.29 is 22.7 Å². The summed E-state index contributed by atoms with van der Waals surface area (Å²) in [6.07, 6.45) is -2.55. The lowest BCUT2D eigenvalue weighted by atomic mass is 9.98. The highest BCUT2D eigenvalue weighted by molar-refractivity contribution is 5.78. The van der Waals surface area contributed by atoms with Crippen molar-refractivity contribution in [2.75, 3.05) is 0 Å².